The van der Waals surface area contributed by atoms with E-state index in [-0.39, 0.29) is 5.91 Å². The van der Waals surface area contributed by atoms with E-state index in [0.29, 0.717) is 6.54 Å². The quantitative estimate of drug-likeness (QED) is 0.838. The van der Waals surface area contributed by atoms with E-state index in [4.69, 9.17) is 12.2 Å². The molecule has 0 aromatic heterocycles. The first-order valence-electron chi connectivity index (χ1n) is 5.66. The van der Waals surface area contributed by atoms with E-state index in [1.54, 1.807) is 0 Å². The zero-order valence-electron chi connectivity index (χ0n) is 10.0. The van der Waals surface area contributed by atoms with Crippen LogP contribution in [0.2, 0.25) is 0 Å². The number of nitrogens with one attached hydrogen (secondary N) is 1. The standard InChI is InChI=1S/C13H14BrN3O/c1-3-5-17(4-2)11-7-10-8(6-9(11)14)12(15)13(18)16-10/h1,6-7,12H,4-5,15H2,2H3,(H,16,18). The molecule has 0 fully saturated rings. The maximum atomic E-state index is 11.5. The summed E-state index contributed by atoms with van der Waals surface area (Å²) in [6, 6.07) is 3.20. The Kier molecular flexibility index (Phi) is 3.60. The summed E-state index contributed by atoms with van der Waals surface area (Å²) in [4.78, 5) is 13.6. The van der Waals surface area contributed by atoms with E-state index >= 15 is 0 Å². The molecule has 1 heterocycles. The first-order chi connectivity index (χ1) is 8.58. The number of rotatable bonds is 3. The van der Waals surface area contributed by atoms with E-state index in [1.165, 1.54) is 0 Å². The summed E-state index contributed by atoms with van der Waals surface area (Å²) in [7, 11) is 0. The lowest BCUT2D eigenvalue weighted by atomic mass is 10.1. The first kappa shape index (κ1) is 12.9. The van der Waals surface area contributed by atoms with E-state index in [1.807, 2.05) is 24.0 Å². The van der Waals surface area contributed by atoms with Crippen molar-refractivity contribution in [3.05, 3.63) is 22.2 Å². The molecule has 1 aliphatic heterocycles. The second-order valence-electron chi connectivity index (χ2n) is 4.08. The third kappa shape index (κ3) is 2.09. The number of nitrogens with zero attached hydrogens (tertiary/aromatic N) is 1. The van der Waals surface area contributed by atoms with E-state index in [9.17, 15) is 4.79 Å². The van der Waals surface area contributed by atoms with Crippen molar-refractivity contribution in [2.24, 2.45) is 5.73 Å². The third-order valence-electron chi connectivity index (χ3n) is 3.00. The van der Waals surface area contributed by atoms with E-state index in [0.717, 1.165) is 28.0 Å². The fourth-order valence-electron chi connectivity index (χ4n) is 2.01. The number of carbonyl (C=O) groups is 1. The Morgan fingerprint density at radius 3 is 2.94 bits per heavy atom. The normalized spacial score (nSPS) is 17.0. The van der Waals surface area contributed by atoms with Crippen molar-refractivity contribution in [3.63, 3.8) is 0 Å². The molecule has 1 atom stereocenters. The molecule has 2 rings (SSSR count). The van der Waals surface area contributed by atoms with Gasteiger partial charge in [0, 0.05) is 22.3 Å². The van der Waals surface area contributed by atoms with Crippen LogP contribution in [0.5, 0.6) is 0 Å². The van der Waals surface area contributed by atoms with Crippen LogP contribution in [0.4, 0.5) is 11.4 Å². The van der Waals surface area contributed by atoms with Crippen molar-refractivity contribution in [2.75, 3.05) is 23.3 Å². The lowest BCUT2D eigenvalue weighted by molar-refractivity contribution is -0.116. The summed E-state index contributed by atoms with van der Waals surface area (Å²) < 4.78 is 0.894. The molecule has 0 aliphatic carbocycles. The van der Waals surface area contributed by atoms with E-state index < -0.39 is 6.04 Å². The Morgan fingerprint density at radius 1 is 1.61 bits per heavy atom. The monoisotopic (exact) mass is 307 g/mol. The highest BCUT2D eigenvalue weighted by molar-refractivity contribution is 9.10. The van der Waals surface area contributed by atoms with Gasteiger partial charge < -0.3 is 16.0 Å². The lowest BCUT2D eigenvalue weighted by Crippen LogP contribution is -2.23. The zero-order chi connectivity index (χ0) is 13.3. The molecule has 1 aliphatic rings. The predicted octanol–water partition coefficient (Wildman–Crippen LogP) is 1.86. The van der Waals surface area contributed by atoms with Gasteiger partial charge in [-0.25, -0.2) is 0 Å². The molecule has 0 radical (unpaired) electrons. The molecule has 5 heteroatoms. The van der Waals surface area contributed by atoms with Crippen LogP contribution in [0.15, 0.2) is 16.6 Å². The number of amides is 1. The van der Waals surface area contributed by atoms with Crippen LogP contribution in [0.3, 0.4) is 0 Å². The molecule has 1 aromatic carbocycles. The van der Waals surface area contributed by atoms with Crippen molar-refractivity contribution in [2.45, 2.75) is 13.0 Å². The molecule has 0 spiro atoms. The summed E-state index contributed by atoms with van der Waals surface area (Å²) in [5, 5.41) is 2.77. The van der Waals surface area contributed by atoms with Gasteiger partial charge in [-0.05, 0) is 35.0 Å². The number of nitrogens with two attached hydrogens (primary N) is 1. The van der Waals surface area contributed by atoms with Gasteiger partial charge in [-0.3, -0.25) is 4.79 Å². The average Bonchev–Trinajstić information content (AvgIpc) is 2.62. The fraction of sp³-hybridized carbons (Fsp3) is 0.308. The van der Waals surface area contributed by atoms with Gasteiger partial charge in [0.15, 0.2) is 0 Å². The van der Waals surface area contributed by atoms with Crippen LogP contribution in [0, 0.1) is 12.3 Å². The van der Waals surface area contributed by atoms with Gasteiger partial charge in [0.1, 0.15) is 6.04 Å². The number of terminal acetylenes is 1. The molecule has 0 saturated heterocycles. The molecule has 0 saturated carbocycles. The number of halogens is 1. The molecular weight excluding hydrogens is 294 g/mol. The van der Waals surface area contributed by atoms with Gasteiger partial charge in [0.2, 0.25) is 5.91 Å². The molecular formula is C13H14BrN3O. The molecule has 1 amide bonds. The van der Waals surface area contributed by atoms with Crippen LogP contribution < -0.4 is 16.0 Å². The number of fused-ring (bicyclic) bond motifs is 1. The number of benzene rings is 1. The van der Waals surface area contributed by atoms with Gasteiger partial charge in [-0.15, -0.1) is 6.42 Å². The van der Waals surface area contributed by atoms with Gasteiger partial charge in [-0.2, -0.15) is 0 Å². The molecule has 94 valence electrons. The Balaban J connectivity index is 2.44. The van der Waals surface area contributed by atoms with Crippen molar-refractivity contribution in [1.82, 2.24) is 0 Å². The second-order valence-corrected chi connectivity index (χ2v) is 4.93. The van der Waals surface area contributed by atoms with Crippen molar-refractivity contribution >= 4 is 33.2 Å². The third-order valence-corrected chi connectivity index (χ3v) is 3.63. The Bertz CT molecular complexity index is 536. The summed E-state index contributed by atoms with van der Waals surface area (Å²) in [6.45, 7) is 3.34. The van der Waals surface area contributed by atoms with Crippen LogP contribution in [0.25, 0.3) is 0 Å². The number of carbonyl (C=O) groups excluding carboxylic acids is 1. The average molecular weight is 308 g/mol. The minimum atomic E-state index is -0.590. The first-order valence-corrected chi connectivity index (χ1v) is 6.46. The summed E-state index contributed by atoms with van der Waals surface area (Å²) in [5.41, 5.74) is 8.34. The molecule has 0 bridgehead atoms. The van der Waals surface area contributed by atoms with Gasteiger partial charge in [0.05, 0.1) is 12.2 Å². The minimum absolute atomic E-state index is 0.172. The number of anilines is 2. The van der Waals surface area contributed by atoms with Crippen LogP contribution >= 0.6 is 15.9 Å². The Labute approximate surface area is 115 Å². The van der Waals surface area contributed by atoms with Crippen LogP contribution in [0.1, 0.15) is 18.5 Å². The van der Waals surface area contributed by atoms with Crippen molar-refractivity contribution in [3.8, 4) is 12.3 Å². The molecule has 3 N–H and O–H groups in total. The number of hydrogen-bond acceptors (Lipinski definition) is 3. The maximum Gasteiger partial charge on any atom is 0.245 e. The number of hydrogen-bond donors (Lipinski definition) is 2. The second kappa shape index (κ2) is 5.01. The zero-order valence-corrected chi connectivity index (χ0v) is 11.6. The van der Waals surface area contributed by atoms with Crippen molar-refractivity contribution in [1.29, 1.82) is 0 Å². The smallest absolute Gasteiger partial charge is 0.245 e. The summed E-state index contributed by atoms with van der Waals surface area (Å²) in [5.74, 6) is 2.45. The lowest BCUT2D eigenvalue weighted by Gasteiger charge is -2.22. The van der Waals surface area contributed by atoms with Crippen LogP contribution in [-0.4, -0.2) is 19.0 Å². The van der Waals surface area contributed by atoms with Gasteiger partial charge in [-0.1, -0.05) is 5.92 Å². The topological polar surface area (TPSA) is 58.4 Å². The SMILES string of the molecule is C#CCN(CC)c1cc2c(cc1Br)C(N)C(=O)N2. The van der Waals surface area contributed by atoms with Gasteiger partial charge >= 0.3 is 0 Å². The molecule has 1 aromatic rings. The maximum absolute atomic E-state index is 11.5. The van der Waals surface area contributed by atoms with Gasteiger partial charge in [0.25, 0.3) is 0 Å². The molecule has 18 heavy (non-hydrogen) atoms. The predicted molar refractivity (Wildman–Crippen MR) is 76.4 cm³/mol. The van der Waals surface area contributed by atoms with E-state index in [2.05, 4.69) is 27.2 Å². The summed E-state index contributed by atoms with van der Waals surface area (Å²) >= 11 is 3.50. The van der Waals surface area contributed by atoms with Crippen molar-refractivity contribution < 1.29 is 4.79 Å². The molecule has 4 nitrogen and oxygen atoms in total. The minimum Gasteiger partial charge on any atom is -0.360 e. The fourth-order valence-corrected chi connectivity index (χ4v) is 2.63. The highest BCUT2D eigenvalue weighted by Crippen LogP contribution is 2.38. The highest BCUT2D eigenvalue weighted by atomic mass is 79.9. The Morgan fingerprint density at radius 2 is 2.33 bits per heavy atom. The molecule has 1 unspecified atom stereocenters. The largest absolute Gasteiger partial charge is 0.360 e. The Hall–Kier alpha value is -1.51. The summed E-state index contributed by atoms with van der Waals surface area (Å²) in [6.07, 6.45) is 5.35. The van der Waals surface area contributed by atoms with Crippen LogP contribution in [-0.2, 0) is 4.79 Å². The highest BCUT2D eigenvalue weighted by Gasteiger charge is 2.28.